The number of hydrogen-bond acceptors (Lipinski definition) is 2. The fourth-order valence-electron chi connectivity index (χ4n) is 2.73. The first-order valence-electron chi connectivity index (χ1n) is 7.07. The van der Waals surface area contributed by atoms with Crippen molar-refractivity contribution in [1.29, 1.82) is 0 Å². The van der Waals surface area contributed by atoms with Crippen LogP contribution in [0.3, 0.4) is 0 Å². The van der Waals surface area contributed by atoms with Gasteiger partial charge in [0.25, 0.3) is 0 Å². The molecule has 3 atom stereocenters. The fourth-order valence-corrected chi connectivity index (χ4v) is 2.73. The van der Waals surface area contributed by atoms with Crippen molar-refractivity contribution in [3.63, 3.8) is 0 Å². The van der Waals surface area contributed by atoms with Gasteiger partial charge in [-0.05, 0) is 18.4 Å². The summed E-state index contributed by atoms with van der Waals surface area (Å²) in [7, 11) is 0. The summed E-state index contributed by atoms with van der Waals surface area (Å²) in [5.41, 5.74) is 7.08. The van der Waals surface area contributed by atoms with E-state index in [1.165, 1.54) is 0 Å². The van der Waals surface area contributed by atoms with Crippen molar-refractivity contribution in [3.05, 3.63) is 35.9 Å². The van der Waals surface area contributed by atoms with Crippen molar-refractivity contribution in [1.82, 2.24) is 5.32 Å². The molecular weight excluding hydrogens is 236 g/mol. The van der Waals surface area contributed by atoms with E-state index in [2.05, 4.69) is 26.1 Å². The number of carbonyl (C=O) groups excluding carboxylic acids is 1. The van der Waals surface area contributed by atoms with Gasteiger partial charge in [-0.1, -0.05) is 51.1 Å². The van der Waals surface area contributed by atoms with Crippen molar-refractivity contribution in [2.45, 2.75) is 51.6 Å². The van der Waals surface area contributed by atoms with Gasteiger partial charge in [0.2, 0.25) is 5.91 Å². The summed E-state index contributed by atoms with van der Waals surface area (Å²) in [5.74, 6) is 0.0625. The zero-order valence-corrected chi connectivity index (χ0v) is 12.0. The maximum absolute atomic E-state index is 12.4. The van der Waals surface area contributed by atoms with Crippen LogP contribution in [0.2, 0.25) is 0 Å². The van der Waals surface area contributed by atoms with Gasteiger partial charge in [0.05, 0.1) is 5.92 Å². The van der Waals surface area contributed by atoms with Crippen LogP contribution < -0.4 is 11.1 Å². The molecule has 1 saturated carbocycles. The molecule has 0 saturated heterocycles. The highest BCUT2D eigenvalue weighted by atomic mass is 16.2. The molecule has 104 valence electrons. The smallest absolute Gasteiger partial charge is 0.227 e. The Morgan fingerprint density at radius 3 is 2.53 bits per heavy atom. The summed E-state index contributed by atoms with van der Waals surface area (Å²) >= 11 is 0. The van der Waals surface area contributed by atoms with Crippen LogP contribution in [-0.2, 0) is 4.79 Å². The van der Waals surface area contributed by atoms with E-state index in [-0.39, 0.29) is 29.3 Å². The van der Waals surface area contributed by atoms with Crippen LogP contribution in [0.5, 0.6) is 0 Å². The third-order valence-electron chi connectivity index (χ3n) is 4.59. The maximum atomic E-state index is 12.4. The van der Waals surface area contributed by atoms with Crippen LogP contribution >= 0.6 is 0 Å². The molecule has 3 heteroatoms. The lowest BCUT2D eigenvalue weighted by atomic mass is 9.63. The summed E-state index contributed by atoms with van der Waals surface area (Å²) in [6.45, 7) is 6.29. The van der Waals surface area contributed by atoms with E-state index >= 15 is 0 Å². The van der Waals surface area contributed by atoms with Crippen LogP contribution in [0.1, 0.15) is 45.1 Å². The third-order valence-corrected chi connectivity index (χ3v) is 4.59. The van der Waals surface area contributed by atoms with E-state index in [9.17, 15) is 4.79 Å². The lowest BCUT2D eigenvalue weighted by Crippen LogP contribution is -2.64. The number of benzene rings is 1. The number of nitrogens with one attached hydrogen (secondary N) is 1. The molecule has 0 bridgehead atoms. The minimum absolute atomic E-state index is 0.00460. The van der Waals surface area contributed by atoms with Gasteiger partial charge in [-0.15, -0.1) is 0 Å². The van der Waals surface area contributed by atoms with Gasteiger partial charge < -0.3 is 11.1 Å². The minimum Gasteiger partial charge on any atom is -0.352 e. The van der Waals surface area contributed by atoms with E-state index in [0.717, 1.165) is 18.4 Å². The average Bonchev–Trinajstić information content (AvgIpc) is 2.40. The largest absolute Gasteiger partial charge is 0.352 e. The molecule has 3 N–H and O–H groups in total. The Bertz CT molecular complexity index is 441. The average molecular weight is 260 g/mol. The molecule has 0 heterocycles. The molecule has 3 nitrogen and oxygen atoms in total. The molecule has 1 aromatic carbocycles. The number of nitrogens with two attached hydrogens (primary N) is 1. The van der Waals surface area contributed by atoms with Gasteiger partial charge in [-0.25, -0.2) is 0 Å². The highest BCUT2D eigenvalue weighted by molar-refractivity contribution is 5.84. The van der Waals surface area contributed by atoms with Gasteiger partial charge in [0.1, 0.15) is 0 Å². The Morgan fingerprint density at radius 2 is 2.05 bits per heavy atom. The van der Waals surface area contributed by atoms with Gasteiger partial charge in [0, 0.05) is 17.5 Å². The summed E-state index contributed by atoms with van der Waals surface area (Å²) in [6.07, 6.45) is 1.69. The molecule has 1 aromatic rings. The number of amides is 1. The van der Waals surface area contributed by atoms with Crippen LogP contribution in [0, 0.1) is 5.41 Å². The minimum atomic E-state index is -0.0613. The fraction of sp³-hybridized carbons (Fsp3) is 0.562. The Hall–Kier alpha value is -1.35. The molecular formula is C16H24N2O. The molecule has 1 aliphatic carbocycles. The Balaban J connectivity index is 2.03. The van der Waals surface area contributed by atoms with Gasteiger partial charge in [0.15, 0.2) is 0 Å². The zero-order valence-electron chi connectivity index (χ0n) is 12.0. The maximum Gasteiger partial charge on any atom is 0.227 e. The summed E-state index contributed by atoms with van der Waals surface area (Å²) in [6, 6.07) is 10.4. The van der Waals surface area contributed by atoms with Crippen molar-refractivity contribution >= 4 is 5.91 Å². The van der Waals surface area contributed by atoms with Crippen molar-refractivity contribution < 1.29 is 4.79 Å². The number of hydrogen-bond donors (Lipinski definition) is 2. The predicted molar refractivity (Wildman–Crippen MR) is 77.8 cm³/mol. The van der Waals surface area contributed by atoms with E-state index in [1.807, 2.05) is 30.3 Å². The van der Waals surface area contributed by atoms with Crippen LogP contribution in [0.25, 0.3) is 0 Å². The van der Waals surface area contributed by atoms with E-state index < -0.39 is 0 Å². The molecule has 1 aliphatic rings. The monoisotopic (exact) mass is 260 g/mol. The van der Waals surface area contributed by atoms with E-state index in [1.54, 1.807) is 0 Å². The number of carbonyl (C=O) groups is 1. The molecule has 19 heavy (non-hydrogen) atoms. The number of rotatable bonds is 4. The molecule has 2 rings (SSSR count). The van der Waals surface area contributed by atoms with Crippen molar-refractivity contribution in [3.8, 4) is 0 Å². The summed E-state index contributed by atoms with van der Waals surface area (Å²) in [5, 5.41) is 3.17. The highest BCUT2D eigenvalue weighted by Crippen LogP contribution is 2.39. The van der Waals surface area contributed by atoms with Crippen molar-refractivity contribution in [2.24, 2.45) is 11.1 Å². The molecule has 0 aromatic heterocycles. The standard InChI is InChI=1S/C16H24N2O/c1-4-12(11-8-6-5-7-9-11)15(19)18-14-10-13(17)16(14,2)3/h5-9,12-14H,4,10,17H2,1-3H3,(H,18,19). The van der Waals surface area contributed by atoms with Gasteiger partial charge in [-0.2, -0.15) is 0 Å². The SMILES string of the molecule is CCC(C(=O)NC1CC(N)C1(C)C)c1ccccc1. The van der Waals surface area contributed by atoms with E-state index in [0.29, 0.717) is 0 Å². The summed E-state index contributed by atoms with van der Waals surface area (Å²) < 4.78 is 0. The molecule has 1 fully saturated rings. The Morgan fingerprint density at radius 1 is 1.42 bits per heavy atom. The van der Waals surface area contributed by atoms with Gasteiger partial charge >= 0.3 is 0 Å². The first-order valence-corrected chi connectivity index (χ1v) is 7.07. The lowest BCUT2D eigenvalue weighted by Gasteiger charge is -2.50. The van der Waals surface area contributed by atoms with Crippen LogP contribution in [-0.4, -0.2) is 18.0 Å². The van der Waals surface area contributed by atoms with Gasteiger partial charge in [-0.3, -0.25) is 4.79 Å². The zero-order chi connectivity index (χ0) is 14.0. The summed E-state index contributed by atoms with van der Waals surface area (Å²) in [4.78, 5) is 12.4. The topological polar surface area (TPSA) is 55.1 Å². The molecule has 1 amide bonds. The lowest BCUT2D eigenvalue weighted by molar-refractivity contribution is -0.125. The normalized spacial score (nSPS) is 26.3. The van der Waals surface area contributed by atoms with Crippen LogP contribution in [0.4, 0.5) is 0 Å². The van der Waals surface area contributed by atoms with E-state index in [4.69, 9.17) is 5.73 Å². The first kappa shape index (κ1) is 14.1. The highest BCUT2D eigenvalue weighted by Gasteiger charge is 2.47. The quantitative estimate of drug-likeness (QED) is 0.873. The molecule has 0 radical (unpaired) electrons. The second-order valence-electron chi connectivity index (χ2n) is 6.10. The Kier molecular flexibility index (Phi) is 3.95. The molecule has 0 aliphatic heterocycles. The predicted octanol–water partition coefficient (Wildman–Crippen LogP) is 2.42. The molecule has 0 spiro atoms. The Labute approximate surface area is 115 Å². The second kappa shape index (κ2) is 5.33. The van der Waals surface area contributed by atoms with Crippen LogP contribution in [0.15, 0.2) is 30.3 Å². The third kappa shape index (κ3) is 2.66. The second-order valence-corrected chi connectivity index (χ2v) is 6.10. The molecule has 3 unspecified atom stereocenters. The first-order chi connectivity index (χ1) is 8.96. The van der Waals surface area contributed by atoms with Crippen molar-refractivity contribution in [2.75, 3.05) is 0 Å².